The molecule has 0 aliphatic heterocycles. The average Bonchev–Trinajstić information content (AvgIpc) is 2.14. The van der Waals surface area contributed by atoms with Crippen molar-refractivity contribution < 1.29 is 0 Å². The molecule has 0 amide bonds. The lowest BCUT2D eigenvalue weighted by Crippen LogP contribution is -2.06. The molecule has 0 atom stereocenters. The molecular formula is C15H21Br. The van der Waals surface area contributed by atoms with Crippen LogP contribution in [0.25, 0.3) is 5.57 Å². The van der Waals surface area contributed by atoms with Gasteiger partial charge in [-0.2, -0.15) is 0 Å². The molecular weight excluding hydrogens is 260 g/mol. The third kappa shape index (κ3) is 4.13. The summed E-state index contributed by atoms with van der Waals surface area (Å²) in [5, 5.41) is 0. The largest absolute Gasteiger partial charge is 0.0726 e. The topological polar surface area (TPSA) is 0 Å². The molecule has 1 heteroatoms. The molecule has 0 unspecified atom stereocenters. The lowest BCUT2D eigenvalue weighted by atomic mass is 9.83. The Bertz CT molecular complexity index is 373. The van der Waals surface area contributed by atoms with Crippen LogP contribution in [0.1, 0.15) is 46.6 Å². The first-order chi connectivity index (χ1) is 7.29. The molecule has 16 heavy (non-hydrogen) atoms. The van der Waals surface area contributed by atoms with Gasteiger partial charge >= 0.3 is 0 Å². The number of rotatable bonds is 2. The predicted octanol–water partition coefficient (Wildman–Crippen LogP) is 5.68. The van der Waals surface area contributed by atoms with Gasteiger partial charge in [0.15, 0.2) is 0 Å². The van der Waals surface area contributed by atoms with Gasteiger partial charge in [-0.1, -0.05) is 54.4 Å². The molecule has 0 nitrogen and oxygen atoms in total. The molecule has 0 spiro atoms. The van der Waals surface area contributed by atoms with E-state index in [1.54, 1.807) is 0 Å². The van der Waals surface area contributed by atoms with Crippen LogP contribution in [0.2, 0.25) is 0 Å². The maximum absolute atomic E-state index is 3.48. The summed E-state index contributed by atoms with van der Waals surface area (Å²) in [5.41, 5.74) is 4.56. The molecule has 0 fully saturated rings. The molecule has 0 aliphatic carbocycles. The van der Waals surface area contributed by atoms with Crippen molar-refractivity contribution in [2.24, 2.45) is 5.41 Å². The molecule has 0 bridgehead atoms. The fourth-order valence-corrected chi connectivity index (χ4v) is 2.01. The molecule has 0 saturated heterocycles. The van der Waals surface area contributed by atoms with Gasteiger partial charge in [0.2, 0.25) is 0 Å². The Kier molecular flexibility index (Phi) is 4.37. The fourth-order valence-electron chi connectivity index (χ4n) is 1.75. The minimum Gasteiger partial charge on any atom is -0.0726 e. The van der Waals surface area contributed by atoms with Crippen LogP contribution in [0, 0.1) is 5.41 Å². The van der Waals surface area contributed by atoms with Crippen LogP contribution in [-0.2, 0) is 0 Å². The summed E-state index contributed by atoms with van der Waals surface area (Å²) in [5.74, 6) is 0. The van der Waals surface area contributed by atoms with Crippen LogP contribution in [0.4, 0.5) is 0 Å². The summed E-state index contributed by atoms with van der Waals surface area (Å²) in [6.07, 6.45) is 1.12. The van der Waals surface area contributed by atoms with Crippen molar-refractivity contribution >= 4 is 21.5 Å². The van der Waals surface area contributed by atoms with E-state index in [9.17, 15) is 0 Å². The van der Waals surface area contributed by atoms with E-state index in [2.05, 4.69) is 74.8 Å². The summed E-state index contributed by atoms with van der Waals surface area (Å²) in [4.78, 5) is 0. The molecule has 1 aromatic rings. The monoisotopic (exact) mass is 280 g/mol. The molecule has 0 heterocycles. The molecule has 1 rings (SSSR count). The molecule has 0 N–H and O–H groups in total. The van der Waals surface area contributed by atoms with Crippen molar-refractivity contribution in [3.05, 3.63) is 39.9 Å². The van der Waals surface area contributed by atoms with Crippen LogP contribution in [0.3, 0.4) is 0 Å². The lowest BCUT2D eigenvalue weighted by molar-refractivity contribution is 0.426. The van der Waals surface area contributed by atoms with Gasteiger partial charge in [0.1, 0.15) is 0 Å². The van der Waals surface area contributed by atoms with Gasteiger partial charge in [0.05, 0.1) is 0 Å². The van der Waals surface area contributed by atoms with Crippen molar-refractivity contribution in [1.29, 1.82) is 0 Å². The van der Waals surface area contributed by atoms with Crippen molar-refractivity contribution in [3.63, 3.8) is 0 Å². The Labute approximate surface area is 108 Å². The van der Waals surface area contributed by atoms with Gasteiger partial charge in [0.25, 0.3) is 0 Å². The number of allylic oxidation sites excluding steroid dienone is 2. The van der Waals surface area contributed by atoms with Gasteiger partial charge in [-0.25, -0.2) is 0 Å². The van der Waals surface area contributed by atoms with Gasteiger partial charge in [-0.05, 0) is 49.0 Å². The number of hydrogen-bond acceptors (Lipinski definition) is 0. The summed E-state index contributed by atoms with van der Waals surface area (Å²) >= 11 is 3.48. The second-order valence-corrected chi connectivity index (χ2v) is 6.64. The van der Waals surface area contributed by atoms with E-state index in [0.29, 0.717) is 5.41 Å². The standard InChI is InChI=1S/C15H21Br/c1-11(2)14(10-15(3,4)5)12-6-8-13(16)9-7-12/h6-9H,10H2,1-5H3. The quantitative estimate of drug-likeness (QED) is 0.654. The van der Waals surface area contributed by atoms with E-state index < -0.39 is 0 Å². The van der Waals surface area contributed by atoms with E-state index >= 15 is 0 Å². The first-order valence-corrected chi connectivity index (χ1v) is 6.51. The summed E-state index contributed by atoms with van der Waals surface area (Å²) in [6.45, 7) is 11.3. The van der Waals surface area contributed by atoms with Crippen molar-refractivity contribution in [2.75, 3.05) is 0 Å². The van der Waals surface area contributed by atoms with Crippen LogP contribution in [0.15, 0.2) is 34.3 Å². The van der Waals surface area contributed by atoms with Crippen LogP contribution < -0.4 is 0 Å². The first-order valence-electron chi connectivity index (χ1n) is 5.72. The van der Waals surface area contributed by atoms with Crippen molar-refractivity contribution in [1.82, 2.24) is 0 Å². The molecule has 88 valence electrons. The van der Waals surface area contributed by atoms with E-state index in [1.807, 2.05) is 0 Å². The summed E-state index contributed by atoms with van der Waals surface area (Å²) < 4.78 is 1.14. The Morgan fingerprint density at radius 2 is 1.56 bits per heavy atom. The molecule has 0 saturated carbocycles. The minimum atomic E-state index is 0.333. The number of hydrogen-bond donors (Lipinski definition) is 0. The Balaban J connectivity index is 3.06. The van der Waals surface area contributed by atoms with Crippen molar-refractivity contribution in [3.8, 4) is 0 Å². The van der Waals surface area contributed by atoms with E-state index in [4.69, 9.17) is 0 Å². The van der Waals surface area contributed by atoms with Crippen molar-refractivity contribution in [2.45, 2.75) is 41.0 Å². The van der Waals surface area contributed by atoms with Gasteiger partial charge in [-0.15, -0.1) is 0 Å². The van der Waals surface area contributed by atoms with Crippen LogP contribution in [-0.4, -0.2) is 0 Å². The second-order valence-electron chi connectivity index (χ2n) is 5.72. The summed E-state index contributed by atoms with van der Waals surface area (Å²) in [6, 6.07) is 8.61. The van der Waals surface area contributed by atoms with E-state index in [0.717, 1.165) is 10.9 Å². The highest BCUT2D eigenvalue weighted by Crippen LogP contribution is 2.32. The zero-order chi connectivity index (χ0) is 12.3. The Morgan fingerprint density at radius 3 is 1.94 bits per heavy atom. The lowest BCUT2D eigenvalue weighted by Gasteiger charge is -2.22. The van der Waals surface area contributed by atoms with Crippen LogP contribution in [0.5, 0.6) is 0 Å². The highest BCUT2D eigenvalue weighted by Gasteiger charge is 2.15. The van der Waals surface area contributed by atoms with Gasteiger partial charge in [-0.3, -0.25) is 0 Å². The SMILES string of the molecule is CC(C)=C(CC(C)(C)C)c1ccc(Br)cc1. The Hall–Kier alpha value is -0.560. The van der Waals surface area contributed by atoms with Crippen LogP contribution >= 0.6 is 15.9 Å². The number of benzene rings is 1. The second kappa shape index (κ2) is 5.18. The zero-order valence-electron chi connectivity index (χ0n) is 10.9. The maximum atomic E-state index is 3.48. The fraction of sp³-hybridized carbons (Fsp3) is 0.467. The molecule has 0 aromatic heterocycles. The first kappa shape index (κ1) is 13.5. The minimum absolute atomic E-state index is 0.333. The highest BCUT2D eigenvalue weighted by atomic mass is 79.9. The predicted molar refractivity (Wildman–Crippen MR) is 76.5 cm³/mol. The smallest absolute Gasteiger partial charge is 0.0175 e. The third-order valence-corrected chi connectivity index (χ3v) is 3.03. The average molecular weight is 281 g/mol. The third-order valence-electron chi connectivity index (χ3n) is 2.50. The number of halogens is 1. The molecule has 1 aromatic carbocycles. The maximum Gasteiger partial charge on any atom is 0.0175 e. The summed E-state index contributed by atoms with van der Waals surface area (Å²) in [7, 11) is 0. The molecule has 0 aliphatic rings. The Morgan fingerprint density at radius 1 is 1.06 bits per heavy atom. The van der Waals surface area contributed by atoms with E-state index in [1.165, 1.54) is 16.7 Å². The molecule has 0 radical (unpaired) electrons. The highest BCUT2D eigenvalue weighted by molar-refractivity contribution is 9.10. The van der Waals surface area contributed by atoms with Gasteiger partial charge < -0.3 is 0 Å². The van der Waals surface area contributed by atoms with Gasteiger partial charge in [0, 0.05) is 4.47 Å². The zero-order valence-corrected chi connectivity index (χ0v) is 12.5. The van der Waals surface area contributed by atoms with E-state index in [-0.39, 0.29) is 0 Å². The normalized spacial score (nSPS) is 11.4.